The van der Waals surface area contributed by atoms with Gasteiger partial charge in [-0.25, -0.2) is 20.4 Å². The average molecular weight is 601 g/mol. The number of carbonyl (C=O) groups is 2. The van der Waals surface area contributed by atoms with Crippen LogP contribution in [0.4, 0.5) is 0 Å². The van der Waals surface area contributed by atoms with Gasteiger partial charge in [0.15, 0.2) is 6.23 Å². The molecule has 3 rings (SSSR count). The number of ether oxygens (including phenoxy) is 4. The molecule has 4 unspecified atom stereocenters. The minimum atomic E-state index is -0.368. The van der Waals surface area contributed by atoms with Gasteiger partial charge in [-0.05, 0) is 83.5 Å². The number of carbonyl (C=O) groups excluding carboxylic acids is 2. The van der Waals surface area contributed by atoms with Crippen molar-refractivity contribution in [3.63, 3.8) is 0 Å². The maximum atomic E-state index is 11.0. The maximum absolute atomic E-state index is 11.0. The summed E-state index contributed by atoms with van der Waals surface area (Å²) < 4.78 is 22.0. The molecule has 2 N–H and O–H groups in total. The average Bonchev–Trinajstić information content (AvgIpc) is 3.67. The zero-order valence-corrected chi connectivity index (χ0v) is 25.7. The van der Waals surface area contributed by atoms with E-state index in [9.17, 15) is 9.59 Å². The first-order chi connectivity index (χ1) is 20.6. The first-order valence-electron chi connectivity index (χ1n) is 15.6. The number of thioether (sulfide) groups is 1. The Morgan fingerprint density at radius 1 is 0.738 bits per heavy atom. The van der Waals surface area contributed by atoms with Crippen molar-refractivity contribution in [2.45, 2.75) is 119 Å². The van der Waals surface area contributed by atoms with Crippen LogP contribution in [0.1, 0.15) is 89.9 Å². The second-order valence-electron chi connectivity index (χ2n) is 10.9. The first-order valence-corrected chi connectivity index (χ1v) is 16.5. The standard InChI is InChI=1S/C33H48N2O6S/c1-3-32(36)39-24-10-6-5-9-23-38-27-16-13-26(14-17-27)15-18-28-19-20-29(42-28)21-22-31-35-34-30(41-31)12-8-7-11-25-40-33(37)4-2/h3-4,26-31,34-35H,1-2,5-14,16-17,19-20,23-25H2. The SMILES string of the molecule is C=CC(=O)OCCCCCCOC1CCC(C#CC2CCC(C#CC3NNC(CCCCCOC(=O)C=C)O3)S2)CC1. The van der Waals surface area contributed by atoms with Gasteiger partial charge in [-0.3, -0.25) is 0 Å². The molecule has 2 aliphatic heterocycles. The number of hydrogen-bond acceptors (Lipinski definition) is 9. The zero-order valence-electron chi connectivity index (χ0n) is 24.9. The van der Waals surface area contributed by atoms with Gasteiger partial charge in [-0.1, -0.05) is 43.3 Å². The molecular formula is C33H48N2O6S. The van der Waals surface area contributed by atoms with Crippen LogP contribution >= 0.6 is 11.8 Å². The Balaban J connectivity index is 1.19. The molecule has 0 amide bonds. The molecule has 0 bridgehead atoms. The molecule has 0 radical (unpaired) electrons. The van der Waals surface area contributed by atoms with E-state index in [0.717, 1.165) is 96.5 Å². The lowest BCUT2D eigenvalue weighted by Crippen LogP contribution is -2.32. The highest BCUT2D eigenvalue weighted by Crippen LogP contribution is 2.33. The Morgan fingerprint density at radius 3 is 1.98 bits per heavy atom. The van der Waals surface area contributed by atoms with E-state index in [0.29, 0.717) is 35.7 Å². The summed E-state index contributed by atoms with van der Waals surface area (Å²) in [6.07, 6.45) is 16.8. The van der Waals surface area contributed by atoms with Crippen molar-refractivity contribution in [2.24, 2.45) is 5.92 Å². The molecular weight excluding hydrogens is 552 g/mol. The van der Waals surface area contributed by atoms with Gasteiger partial charge in [0, 0.05) is 24.7 Å². The van der Waals surface area contributed by atoms with Crippen molar-refractivity contribution >= 4 is 23.7 Å². The van der Waals surface area contributed by atoms with Crippen molar-refractivity contribution in [3.05, 3.63) is 25.3 Å². The van der Waals surface area contributed by atoms with E-state index in [1.165, 1.54) is 12.2 Å². The largest absolute Gasteiger partial charge is 0.463 e. The van der Waals surface area contributed by atoms with E-state index < -0.39 is 0 Å². The molecule has 2 saturated heterocycles. The highest BCUT2D eigenvalue weighted by molar-refractivity contribution is 8.01. The highest BCUT2D eigenvalue weighted by Gasteiger charge is 2.25. The lowest BCUT2D eigenvalue weighted by molar-refractivity contribution is -0.138. The molecule has 8 nitrogen and oxygen atoms in total. The molecule has 0 spiro atoms. The van der Waals surface area contributed by atoms with Gasteiger partial charge in [0.25, 0.3) is 0 Å². The minimum Gasteiger partial charge on any atom is -0.463 e. The van der Waals surface area contributed by atoms with Crippen LogP contribution in [-0.2, 0) is 28.5 Å². The van der Waals surface area contributed by atoms with E-state index in [-0.39, 0.29) is 24.4 Å². The van der Waals surface area contributed by atoms with Gasteiger partial charge in [-0.15, -0.1) is 11.8 Å². The minimum absolute atomic E-state index is 0.0534. The molecule has 1 saturated carbocycles. The molecule has 3 fully saturated rings. The topological polar surface area (TPSA) is 95.1 Å². The molecule has 4 atom stereocenters. The van der Waals surface area contributed by atoms with Crippen molar-refractivity contribution in [1.82, 2.24) is 10.9 Å². The summed E-state index contributed by atoms with van der Waals surface area (Å²) >= 11 is 1.89. The molecule has 232 valence electrons. The van der Waals surface area contributed by atoms with Gasteiger partial charge in [0.05, 0.1) is 29.8 Å². The molecule has 1 aliphatic carbocycles. The summed E-state index contributed by atoms with van der Waals surface area (Å²) in [5, 5.41) is 0.672. The number of hydrazine groups is 1. The number of rotatable bonds is 16. The Labute approximate surface area is 256 Å². The van der Waals surface area contributed by atoms with Crippen LogP contribution in [0.25, 0.3) is 0 Å². The normalized spacial score (nSPS) is 26.8. The Kier molecular flexibility index (Phi) is 16.8. The third-order valence-corrected chi connectivity index (χ3v) is 8.88. The van der Waals surface area contributed by atoms with Gasteiger partial charge < -0.3 is 18.9 Å². The van der Waals surface area contributed by atoms with E-state index in [4.69, 9.17) is 18.9 Å². The lowest BCUT2D eigenvalue weighted by Gasteiger charge is -2.26. The Bertz CT molecular complexity index is 974. The van der Waals surface area contributed by atoms with Crippen LogP contribution in [0.2, 0.25) is 0 Å². The maximum Gasteiger partial charge on any atom is 0.330 e. The van der Waals surface area contributed by atoms with E-state index in [1.807, 2.05) is 11.8 Å². The van der Waals surface area contributed by atoms with E-state index >= 15 is 0 Å². The summed E-state index contributed by atoms with van der Waals surface area (Å²) in [5.74, 6) is 13.5. The van der Waals surface area contributed by atoms with E-state index in [2.05, 4.69) is 47.7 Å². The number of unbranched alkanes of at least 4 members (excludes halogenated alkanes) is 5. The van der Waals surface area contributed by atoms with Crippen molar-refractivity contribution < 1.29 is 28.5 Å². The molecule has 3 aliphatic rings. The fourth-order valence-electron chi connectivity index (χ4n) is 5.09. The van der Waals surface area contributed by atoms with Crippen LogP contribution in [0.5, 0.6) is 0 Å². The van der Waals surface area contributed by atoms with Gasteiger partial charge >= 0.3 is 11.9 Å². The fraction of sp³-hybridized carbons (Fsp3) is 0.697. The van der Waals surface area contributed by atoms with E-state index in [1.54, 1.807) is 0 Å². The number of nitrogens with one attached hydrogen (secondary N) is 2. The van der Waals surface area contributed by atoms with Crippen LogP contribution in [0.3, 0.4) is 0 Å². The highest BCUT2D eigenvalue weighted by atomic mass is 32.2. The van der Waals surface area contributed by atoms with Crippen LogP contribution in [0, 0.1) is 29.6 Å². The Morgan fingerprint density at radius 2 is 1.33 bits per heavy atom. The molecule has 9 heteroatoms. The van der Waals surface area contributed by atoms with Crippen LogP contribution in [-0.4, -0.2) is 60.8 Å². The number of hydrogen-bond donors (Lipinski definition) is 2. The predicted octanol–water partition coefficient (Wildman–Crippen LogP) is 5.19. The van der Waals surface area contributed by atoms with Crippen molar-refractivity contribution in [2.75, 3.05) is 19.8 Å². The third kappa shape index (κ3) is 14.3. The predicted molar refractivity (Wildman–Crippen MR) is 166 cm³/mol. The fourth-order valence-corrected chi connectivity index (χ4v) is 6.31. The van der Waals surface area contributed by atoms with Gasteiger partial charge in [0.1, 0.15) is 6.23 Å². The smallest absolute Gasteiger partial charge is 0.330 e. The lowest BCUT2D eigenvalue weighted by atomic mass is 9.87. The summed E-state index contributed by atoms with van der Waals surface area (Å²) in [6, 6.07) is 0. The van der Waals surface area contributed by atoms with Crippen LogP contribution < -0.4 is 10.9 Å². The molecule has 0 aromatic rings. The molecule has 42 heavy (non-hydrogen) atoms. The summed E-state index contributed by atoms with van der Waals surface area (Å²) in [6.45, 7) is 8.49. The molecule has 0 aromatic carbocycles. The number of esters is 2. The van der Waals surface area contributed by atoms with Crippen LogP contribution in [0.15, 0.2) is 25.3 Å². The summed E-state index contributed by atoms with van der Waals surface area (Å²) in [4.78, 5) is 22.0. The second-order valence-corrected chi connectivity index (χ2v) is 12.3. The monoisotopic (exact) mass is 600 g/mol. The second kappa shape index (κ2) is 20.6. The van der Waals surface area contributed by atoms with Crippen molar-refractivity contribution in [3.8, 4) is 23.7 Å². The van der Waals surface area contributed by atoms with Gasteiger partial charge in [-0.2, -0.15) is 0 Å². The Hall–Kier alpha value is -2.27. The summed E-state index contributed by atoms with van der Waals surface area (Å²) in [5.41, 5.74) is 6.30. The third-order valence-electron chi connectivity index (χ3n) is 7.52. The zero-order chi connectivity index (χ0) is 29.8. The quantitative estimate of drug-likeness (QED) is 0.107. The van der Waals surface area contributed by atoms with Gasteiger partial charge in [0.2, 0.25) is 0 Å². The van der Waals surface area contributed by atoms with Crippen molar-refractivity contribution in [1.29, 1.82) is 0 Å². The molecule has 2 heterocycles. The summed E-state index contributed by atoms with van der Waals surface area (Å²) in [7, 11) is 0. The molecule has 0 aromatic heterocycles. The first kappa shape index (κ1) is 34.2.